The Bertz CT molecular complexity index is 800. The predicted molar refractivity (Wildman–Crippen MR) is 103 cm³/mol. The van der Waals surface area contributed by atoms with Gasteiger partial charge in [-0.3, -0.25) is 4.79 Å². The minimum absolute atomic E-state index is 0.0217. The van der Waals surface area contributed by atoms with Gasteiger partial charge in [-0.15, -0.1) is 21.5 Å². The lowest BCUT2D eigenvalue weighted by molar-refractivity contribution is -0.118. The molecule has 0 fully saturated rings. The van der Waals surface area contributed by atoms with Gasteiger partial charge in [0.1, 0.15) is 0 Å². The van der Waals surface area contributed by atoms with Gasteiger partial charge in [-0.2, -0.15) is 0 Å². The second kappa shape index (κ2) is 8.82. The summed E-state index contributed by atoms with van der Waals surface area (Å²) in [6.45, 7) is 3.48. The predicted octanol–water partition coefficient (Wildman–Crippen LogP) is 3.48. The van der Waals surface area contributed by atoms with Crippen molar-refractivity contribution in [2.75, 3.05) is 12.3 Å². The molecule has 0 bridgehead atoms. The molecule has 0 aliphatic rings. The number of benzene rings is 1. The Hall–Kier alpha value is -2.12. The van der Waals surface area contributed by atoms with Crippen LogP contribution in [0, 0.1) is 0 Å². The highest BCUT2D eigenvalue weighted by atomic mass is 32.2. The number of hydrogen-bond acceptors (Lipinski definition) is 5. The molecular weight excluding hydrogens is 352 g/mol. The van der Waals surface area contributed by atoms with Crippen molar-refractivity contribution >= 4 is 29.0 Å². The summed E-state index contributed by atoms with van der Waals surface area (Å²) >= 11 is 3.14. The average molecular weight is 373 g/mol. The van der Waals surface area contributed by atoms with Gasteiger partial charge in [-0.1, -0.05) is 48.2 Å². The van der Waals surface area contributed by atoms with Crippen LogP contribution >= 0.6 is 23.1 Å². The van der Waals surface area contributed by atoms with E-state index in [0.717, 1.165) is 29.5 Å². The SMILES string of the molecule is CCn1c(SCC(=O)NCCc2cccs2)nnc1-c1ccccc1. The number of hydrogen-bond donors (Lipinski definition) is 1. The Morgan fingerprint density at radius 3 is 2.76 bits per heavy atom. The Labute approximate surface area is 155 Å². The minimum Gasteiger partial charge on any atom is -0.355 e. The fourth-order valence-electron chi connectivity index (χ4n) is 2.44. The molecule has 0 radical (unpaired) electrons. The molecule has 7 heteroatoms. The Morgan fingerprint density at radius 2 is 2.04 bits per heavy atom. The van der Waals surface area contributed by atoms with E-state index in [1.165, 1.54) is 16.6 Å². The lowest BCUT2D eigenvalue weighted by Crippen LogP contribution is -2.27. The zero-order chi connectivity index (χ0) is 17.5. The van der Waals surface area contributed by atoms with Crippen molar-refractivity contribution in [3.8, 4) is 11.4 Å². The van der Waals surface area contributed by atoms with Crippen LogP contribution in [-0.2, 0) is 17.8 Å². The highest BCUT2D eigenvalue weighted by molar-refractivity contribution is 7.99. The van der Waals surface area contributed by atoms with Crippen molar-refractivity contribution in [2.45, 2.75) is 25.0 Å². The zero-order valence-corrected chi connectivity index (χ0v) is 15.6. The largest absolute Gasteiger partial charge is 0.355 e. The highest BCUT2D eigenvalue weighted by Gasteiger charge is 2.14. The minimum atomic E-state index is 0.0217. The van der Waals surface area contributed by atoms with Gasteiger partial charge in [0.25, 0.3) is 0 Å². The summed E-state index contributed by atoms with van der Waals surface area (Å²) in [4.78, 5) is 13.3. The summed E-state index contributed by atoms with van der Waals surface area (Å²) in [6.07, 6.45) is 0.872. The second-order valence-electron chi connectivity index (χ2n) is 5.38. The summed E-state index contributed by atoms with van der Waals surface area (Å²) < 4.78 is 2.04. The molecule has 0 saturated heterocycles. The monoisotopic (exact) mass is 372 g/mol. The summed E-state index contributed by atoms with van der Waals surface area (Å²) in [6, 6.07) is 14.1. The first kappa shape index (κ1) is 17.7. The van der Waals surface area contributed by atoms with Gasteiger partial charge in [0.05, 0.1) is 5.75 Å². The van der Waals surface area contributed by atoms with Crippen LogP contribution in [0.4, 0.5) is 0 Å². The molecule has 0 atom stereocenters. The van der Waals surface area contributed by atoms with Gasteiger partial charge >= 0.3 is 0 Å². The van der Waals surface area contributed by atoms with Crippen LogP contribution < -0.4 is 5.32 Å². The van der Waals surface area contributed by atoms with Gasteiger partial charge in [-0.25, -0.2) is 0 Å². The van der Waals surface area contributed by atoms with Crippen LogP contribution in [0.5, 0.6) is 0 Å². The molecule has 5 nitrogen and oxygen atoms in total. The number of nitrogens with one attached hydrogen (secondary N) is 1. The molecule has 25 heavy (non-hydrogen) atoms. The molecule has 1 amide bonds. The number of nitrogens with zero attached hydrogens (tertiary/aromatic N) is 3. The number of carbonyl (C=O) groups excluding carboxylic acids is 1. The molecule has 3 rings (SSSR count). The van der Waals surface area contributed by atoms with Gasteiger partial charge < -0.3 is 9.88 Å². The molecule has 0 aliphatic heterocycles. The molecule has 1 aromatic carbocycles. The second-order valence-corrected chi connectivity index (χ2v) is 7.36. The smallest absolute Gasteiger partial charge is 0.230 e. The fourth-order valence-corrected chi connectivity index (χ4v) is 3.98. The third-order valence-electron chi connectivity index (χ3n) is 3.67. The van der Waals surface area contributed by atoms with Crippen molar-refractivity contribution in [2.24, 2.45) is 0 Å². The van der Waals surface area contributed by atoms with E-state index in [4.69, 9.17) is 0 Å². The number of carbonyl (C=O) groups is 1. The molecule has 2 aromatic heterocycles. The third-order valence-corrected chi connectivity index (χ3v) is 5.57. The number of amides is 1. The van der Waals surface area contributed by atoms with Gasteiger partial charge in [0.2, 0.25) is 5.91 Å². The van der Waals surface area contributed by atoms with Crippen molar-refractivity contribution < 1.29 is 4.79 Å². The van der Waals surface area contributed by atoms with E-state index in [1.807, 2.05) is 41.0 Å². The quantitative estimate of drug-likeness (QED) is 0.615. The first-order valence-corrected chi connectivity index (χ1v) is 10.0. The average Bonchev–Trinajstić information content (AvgIpc) is 3.30. The number of rotatable bonds is 8. The van der Waals surface area contributed by atoms with Crippen molar-refractivity contribution in [3.63, 3.8) is 0 Å². The van der Waals surface area contributed by atoms with Crippen LogP contribution in [-0.4, -0.2) is 33.0 Å². The summed E-state index contributed by atoms with van der Waals surface area (Å²) in [7, 11) is 0. The topological polar surface area (TPSA) is 59.8 Å². The number of thiophene rings is 1. The maximum Gasteiger partial charge on any atom is 0.230 e. The van der Waals surface area contributed by atoms with E-state index in [9.17, 15) is 4.79 Å². The fraction of sp³-hybridized carbons (Fsp3) is 0.278. The van der Waals surface area contributed by atoms with E-state index in [-0.39, 0.29) is 5.91 Å². The summed E-state index contributed by atoms with van der Waals surface area (Å²) in [5.41, 5.74) is 1.03. The number of thioether (sulfide) groups is 1. The molecule has 3 aromatic rings. The van der Waals surface area contributed by atoms with Crippen molar-refractivity contribution in [1.29, 1.82) is 0 Å². The van der Waals surface area contributed by atoms with Gasteiger partial charge in [0, 0.05) is 23.5 Å². The van der Waals surface area contributed by atoms with Crippen LogP contribution in [0.15, 0.2) is 53.0 Å². The van der Waals surface area contributed by atoms with E-state index in [2.05, 4.69) is 33.9 Å². The van der Waals surface area contributed by atoms with Crippen LogP contribution in [0.25, 0.3) is 11.4 Å². The molecular formula is C18H20N4OS2. The van der Waals surface area contributed by atoms with Crippen LogP contribution in [0.1, 0.15) is 11.8 Å². The Morgan fingerprint density at radius 1 is 1.20 bits per heavy atom. The van der Waals surface area contributed by atoms with E-state index in [1.54, 1.807) is 11.3 Å². The molecule has 0 unspecified atom stereocenters. The van der Waals surface area contributed by atoms with E-state index in [0.29, 0.717) is 12.3 Å². The van der Waals surface area contributed by atoms with Crippen molar-refractivity contribution in [1.82, 2.24) is 20.1 Å². The maximum atomic E-state index is 12.0. The van der Waals surface area contributed by atoms with Crippen LogP contribution in [0.2, 0.25) is 0 Å². The first-order chi connectivity index (χ1) is 12.3. The highest BCUT2D eigenvalue weighted by Crippen LogP contribution is 2.23. The molecule has 0 spiro atoms. The third kappa shape index (κ3) is 4.70. The zero-order valence-electron chi connectivity index (χ0n) is 14.0. The van der Waals surface area contributed by atoms with Crippen LogP contribution in [0.3, 0.4) is 0 Å². The molecule has 0 aliphatic carbocycles. The molecule has 130 valence electrons. The van der Waals surface area contributed by atoms with E-state index >= 15 is 0 Å². The summed E-state index contributed by atoms with van der Waals surface area (Å²) in [5.74, 6) is 1.20. The summed E-state index contributed by atoms with van der Waals surface area (Å²) in [5, 5.41) is 14.3. The Balaban J connectivity index is 1.54. The van der Waals surface area contributed by atoms with Gasteiger partial charge in [-0.05, 0) is 24.8 Å². The van der Waals surface area contributed by atoms with E-state index < -0.39 is 0 Å². The van der Waals surface area contributed by atoms with Crippen molar-refractivity contribution in [3.05, 3.63) is 52.7 Å². The lowest BCUT2D eigenvalue weighted by atomic mass is 10.2. The molecule has 0 saturated carbocycles. The number of aromatic nitrogens is 3. The van der Waals surface area contributed by atoms with Gasteiger partial charge in [0.15, 0.2) is 11.0 Å². The maximum absolute atomic E-state index is 12.0. The Kier molecular flexibility index (Phi) is 6.25. The lowest BCUT2D eigenvalue weighted by Gasteiger charge is -2.07. The molecule has 2 heterocycles. The normalized spacial score (nSPS) is 10.8. The molecule has 1 N–H and O–H groups in total. The first-order valence-electron chi connectivity index (χ1n) is 8.18. The standard InChI is InChI=1S/C18H20N4OS2/c1-2-22-17(14-7-4-3-5-8-14)20-21-18(22)25-13-16(23)19-11-10-15-9-6-12-24-15/h3-9,12H,2,10-11,13H2,1H3,(H,19,23).